The van der Waals surface area contributed by atoms with Crippen LogP contribution in [0.2, 0.25) is 0 Å². The lowest BCUT2D eigenvalue weighted by Crippen LogP contribution is -2.01. The third kappa shape index (κ3) is 6.96. The Bertz CT molecular complexity index is 653. The van der Waals surface area contributed by atoms with Crippen molar-refractivity contribution >= 4 is 5.97 Å². The fourth-order valence-electron chi connectivity index (χ4n) is 2.80. The van der Waals surface area contributed by atoms with Crippen molar-refractivity contribution in [3.8, 4) is 11.1 Å². The number of carbonyl (C=O) groups is 1. The third-order valence-corrected chi connectivity index (χ3v) is 4.36. The van der Waals surface area contributed by atoms with Crippen LogP contribution in [0.1, 0.15) is 43.2 Å². The van der Waals surface area contributed by atoms with Crippen molar-refractivity contribution in [3.63, 3.8) is 0 Å². The molecule has 0 saturated heterocycles. The third-order valence-electron chi connectivity index (χ3n) is 4.36. The molecule has 0 aliphatic heterocycles. The van der Waals surface area contributed by atoms with Crippen LogP contribution >= 0.6 is 0 Å². The lowest BCUT2D eigenvalue weighted by atomic mass is 10.0. The Kier molecular flexibility index (Phi) is 7.97. The van der Waals surface area contributed by atoms with Gasteiger partial charge in [0.05, 0.1) is 6.61 Å². The summed E-state index contributed by atoms with van der Waals surface area (Å²) < 4.78 is 4.96. The van der Waals surface area contributed by atoms with Crippen LogP contribution in [0.25, 0.3) is 11.1 Å². The quantitative estimate of drug-likeness (QED) is 0.307. The van der Waals surface area contributed by atoms with Crippen LogP contribution in [0, 0.1) is 6.92 Å². The highest BCUT2D eigenvalue weighted by molar-refractivity contribution is 5.81. The summed E-state index contributed by atoms with van der Waals surface area (Å²) >= 11 is 0. The van der Waals surface area contributed by atoms with Crippen LogP contribution in [0.15, 0.2) is 61.2 Å². The molecule has 0 atom stereocenters. The van der Waals surface area contributed by atoms with Crippen LogP contribution in [-0.4, -0.2) is 12.6 Å². The molecule has 2 rings (SSSR count). The van der Waals surface area contributed by atoms with Gasteiger partial charge < -0.3 is 4.74 Å². The van der Waals surface area contributed by atoms with E-state index in [1.807, 2.05) is 0 Å². The summed E-state index contributed by atoms with van der Waals surface area (Å²) in [6.45, 7) is 6.00. The second-order valence-electron chi connectivity index (χ2n) is 6.45. The molecule has 0 fully saturated rings. The van der Waals surface area contributed by atoms with Crippen LogP contribution < -0.4 is 0 Å². The van der Waals surface area contributed by atoms with Crippen molar-refractivity contribution in [3.05, 3.63) is 72.3 Å². The average molecular weight is 336 g/mol. The molecule has 0 unspecified atom stereocenters. The van der Waals surface area contributed by atoms with Gasteiger partial charge >= 0.3 is 5.97 Å². The number of esters is 1. The molecule has 0 saturated carbocycles. The van der Waals surface area contributed by atoms with Gasteiger partial charge in [-0.05, 0) is 42.9 Å². The van der Waals surface area contributed by atoms with Gasteiger partial charge in [0.15, 0.2) is 0 Å². The first kappa shape index (κ1) is 19.0. The van der Waals surface area contributed by atoms with Crippen LogP contribution in [0.3, 0.4) is 0 Å². The van der Waals surface area contributed by atoms with E-state index in [-0.39, 0.29) is 5.97 Å². The van der Waals surface area contributed by atoms with Gasteiger partial charge in [-0.3, -0.25) is 0 Å². The largest absolute Gasteiger partial charge is 0.463 e. The van der Waals surface area contributed by atoms with Crippen LogP contribution in [0.4, 0.5) is 0 Å². The van der Waals surface area contributed by atoms with Crippen molar-refractivity contribution in [2.75, 3.05) is 6.61 Å². The molecule has 0 radical (unpaired) electrons. The maximum atomic E-state index is 10.9. The molecule has 0 N–H and O–H groups in total. The summed E-state index contributed by atoms with van der Waals surface area (Å²) in [7, 11) is 0. The van der Waals surface area contributed by atoms with Gasteiger partial charge in [0.2, 0.25) is 0 Å². The SMILES string of the molecule is C=CC(=O)OCCCCCCCc1ccc(-c2ccc(C)cc2)cc1. The van der Waals surface area contributed by atoms with E-state index in [0.29, 0.717) is 6.61 Å². The second kappa shape index (κ2) is 10.5. The molecule has 2 nitrogen and oxygen atoms in total. The zero-order valence-corrected chi connectivity index (χ0v) is 15.2. The minimum atomic E-state index is -0.325. The van der Waals surface area contributed by atoms with E-state index >= 15 is 0 Å². The highest BCUT2D eigenvalue weighted by Gasteiger charge is 1.99. The predicted molar refractivity (Wildman–Crippen MR) is 105 cm³/mol. The summed E-state index contributed by atoms with van der Waals surface area (Å²) in [6, 6.07) is 17.6. The number of ether oxygens (including phenoxy) is 1. The zero-order chi connectivity index (χ0) is 17.9. The first-order valence-corrected chi connectivity index (χ1v) is 9.14. The van der Waals surface area contributed by atoms with E-state index in [9.17, 15) is 4.79 Å². The van der Waals surface area contributed by atoms with E-state index in [1.165, 1.54) is 47.6 Å². The Balaban J connectivity index is 1.62. The van der Waals surface area contributed by atoms with Crippen molar-refractivity contribution in [2.45, 2.75) is 45.4 Å². The smallest absolute Gasteiger partial charge is 0.330 e. The molecule has 0 amide bonds. The van der Waals surface area contributed by atoms with Gasteiger partial charge in [-0.1, -0.05) is 79.9 Å². The Labute approximate surface area is 151 Å². The fourth-order valence-corrected chi connectivity index (χ4v) is 2.80. The number of hydrogen-bond donors (Lipinski definition) is 0. The van der Waals surface area contributed by atoms with Gasteiger partial charge in [-0.2, -0.15) is 0 Å². The number of unbranched alkanes of at least 4 members (excludes halogenated alkanes) is 4. The molecule has 0 aliphatic carbocycles. The fraction of sp³-hybridized carbons (Fsp3) is 0.348. The number of benzene rings is 2. The summed E-state index contributed by atoms with van der Waals surface area (Å²) in [5, 5.41) is 0. The van der Waals surface area contributed by atoms with Crippen LogP contribution in [0.5, 0.6) is 0 Å². The normalized spacial score (nSPS) is 10.4. The number of aryl methyl sites for hydroxylation is 2. The van der Waals surface area contributed by atoms with Crippen molar-refractivity contribution < 1.29 is 9.53 Å². The molecule has 0 spiro atoms. The minimum Gasteiger partial charge on any atom is -0.463 e. The summed E-state index contributed by atoms with van der Waals surface area (Å²) in [4.78, 5) is 10.9. The standard InChI is InChI=1S/C23H28O2/c1-3-23(24)25-18-8-6-4-5-7-9-20-12-16-22(17-13-20)21-14-10-19(2)11-15-21/h3,10-17H,1,4-9,18H2,2H3. The monoisotopic (exact) mass is 336 g/mol. The predicted octanol–water partition coefficient (Wildman–Crippen LogP) is 5.88. The maximum absolute atomic E-state index is 10.9. The van der Waals surface area contributed by atoms with E-state index < -0.39 is 0 Å². The topological polar surface area (TPSA) is 26.3 Å². The molecule has 2 heteroatoms. The Morgan fingerprint density at radius 2 is 1.44 bits per heavy atom. The van der Waals surface area contributed by atoms with Gasteiger partial charge in [-0.15, -0.1) is 0 Å². The molecule has 2 aromatic carbocycles. The summed E-state index contributed by atoms with van der Waals surface area (Å²) in [5.74, 6) is -0.325. The average Bonchev–Trinajstić information content (AvgIpc) is 2.65. The molecular formula is C23H28O2. The summed E-state index contributed by atoms with van der Waals surface area (Å²) in [5.41, 5.74) is 5.24. The molecule has 2 aromatic rings. The summed E-state index contributed by atoms with van der Waals surface area (Å²) in [6.07, 6.45) is 7.99. The molecule has 0 aromatic heterocycles. The number of hydrogen-bond acceptors (Lipinski definition) is 2. The molecule has 0 bridgehead atoms. The van der Waals surface area contributed by atoms with Crippen molar-refractivity contribution in [1.82, 2.24) is 0 Å². The zero-order valence-electron chi connectivity index (χ0n) is 15.2. The van der Waals surface area contributed by atoms with Gasteiger partial charge in [0.25, 0.3) is 0 Å². The molecule has 0 aliphatic rings. The second-order valence-corrected chi connectivity index (χ2v) is 6.45. The number of rotatable bonds is 10. The van der Waals surface area contributed by atoms with Gasteiger partial charge in [-0.25, -0.2) is 4.79 Å². The minimum absolute atomic E-state index is 0.325. The van der Waals surface area contributed by atoms with Gasteiger partial charge in [0, 0.05) is 6.08 Å². The molecule has 25 heavy (non-hydrogen) atoms. The molecule has 132 valence electrons. The molecule has 0 heterocycles. The van der Waals surface area contributed by atoms with Crippen LogP contribution in [-0.2, 0) is 16.0 Å². The van der Waals surface area contributed by atoms with Crippen molar-refractivity contribution in [1.29, 1.82) is 0 Å². The van der Waals surface area contributed by atoms with E-state index in [1.54, 1.807) is 0 Å². The Morgan fingerprint density at radius 1 is 0.880 bits per heavy atom. The van der Waals surface area contributed by atoms with E-state index in [4.69, 9.17) is 4.74 Å². The highest BCUT2D eigenvalue weighted by atomic mass is 16.5. The lowest BCUT2D eigenvalue weighted by molar-refractivity contribution is -0.137. The van der Waals surface area contributed by atoms with Crippen molar-refractivity contribution in [2.24, 2.45) is 0 Å². The maximum Gasteiger partial charge on any atom is 0.330 e. The van der Waals surface area contributed by atoms with E-state index in [2.05, 4.69) is 62.0 Å². The Hall–Kier alpha value is -2.35. The molecular weight excluding hydrogens is 308 g/mol. The number of carbonyl (C=O) groups excluding carboxylic acids is 1. The Morgan fingerprint density at radius 3 is 2.08 bits per heavy atom. The first-order valence-electron chi connectivity index (χ1n) is 9.14. The van der Waals surface area contributed by atoms with Gasteiger partial charge in [0.1, 0.15) is 0 Å². The highest BCUT2D eigenvalue weighted by Crippen LogP contribution is 2.21. The first-order chi connectivity index (χ1) is 12.2. The lowest BCUT2D eigenvalue weighted by Gasteiger charge is -2.06. The van der Waals surface area contributed by atoms with E-state index in [0.717, 1.165) is 19.3 Å².